The van der Waals surface area contributed by atoms with Crippen molar-refractivity contribution in [1.29, 1.82) is 0 Å². The van der Waals surface area contributed by atoms with Crippen LogP contribution in [-0.2, 0) is 20.6 Å². The van der Waals surface area contributed by atoms with Crippen molar-refractivity contribution in [2.45, 2.75) is 29.7 Å². The zero-order valence-corrected chi connectivity index (χ0v) is 13.8. The second kappa shape index (κ2) is 6.79. The van der Waals surface area contributed by atoms with Gasteiger partial charge in [0, 0.05) is 32.2 Å². The third-order valence-electron chi connectivity index (χ3n) is 3.60. The molecule has 0 aromatic heterocycles. The van der Waals surface area contributed by atoms with Gasteiger partial charge in [0.1, 0.15) is 5.82 Å². The Balaban J connectivity index is 2.36. The van der Waals surface area contributed by atoms with E-state index in [1.807, 2.05) is 0 Å². The van der Waals surface area contributed by atoms with Crippen molar-refractivity contribution in [2.24, 2.45) is 0 Å². The molecule has 0 aliphatic carbocycles. The summed E-state index contributed by atoms with van der Waals surface area (Å²) >= 11 is 11.4. The van der Waals surface area contributed by atoms with Gasteiger partial charge in [-0.15, -0.1) is 11.6 Å². The minimum absolute atomic E-state index is 0.0555. The number of sulfonamides is 1. The standard InChI is InChI=1S/C13H16Cl2FNO3S/c1-17(10-2-4-20-5-3-10)21(18,19)11-6-9(8-14)13(15)12(16)7-11/h6-7,10H,2-5,8H2,1H3. The van der Waals surface area contributed by atoms with Crippen LogP contribution in [0.2, 0.25) is 5.02 Å². The Bertz CT molecular complexity index is 618. The fraction of sp³-hybridized carbons (Fsp3) is 0.538. The molecule has 1 fully saturated rings. The van der Waals surface area contributed by atoms with Crippen LogP contribution in [0, 0.1) is 5.82 Å². The van der Waals surface area contributed by atoms with Gasteiger partial charge in [-0.1, -0.05) is 11.6 Å². The van der Waals surface area contributed by atoms with Crippen LogP contribution < -0.4 is 0 Å². The van der Waals surface area contributed by atoms with Crippen LogP contribution in [0.5, 0.6) is 0 Å². The number of halogens is 3. The molecule has 4 nitrogen and oxygen atoms in total. The summed E-state index contributed by atoms with van der Waals surface area (Å²) in [5, 5.41) is -0.141. The summed E-state index contributed by atoms with van der Waals surface area (Å²) < 4.78 is 45.5. The van der Waals surface area contributed by atoms with Crippen molar-refractivity contribution in [3.8, 4) is 0 Å². The molecule has 1 saturated heterocycles. The van der Waals surface area contributed by atoms with Gasteiger partial charge in [0.15, 0.2) is 0 Å². The molecule has 8 heteroatoms. The van der Waals surface area contributed by atoms with Crippen LogP contribution in [0.4, 0.5) is 4.39 Å². The summed E-state index contributed by atoms with van der Waals surface area (Å²) in [7, 11) is -2.29. The van der Waals surface area contributed by atoms with Crippen molar-refractivity contribution in [3.63, 3.8) is 0 Å². The van der Waals surface area contributed by atoms with E-state index in [0.29, 0.717) is 26.1 Å². The van der Waals surface area contributed by atoms with Crippen LogP contribution in [0.1, 0.15) is 18.4 Å². The lowest BCUT2D eigenvalue weighted by Gasteiger charge is -2.30. The number of hydrogen-bond donors (Lipinski definition) is 0. The first-order chi connectivity index (χ1) is 9.87. The maximum Gasteiger partial charge on any atom is 0.243 e. The molecule has 0 saturated carbocycles. The molecule has 1 aromatic rings. The van der Waals surface area contributed by atoms with Crippen LogP contribution in [-0.4, -0.2) is 39.0 Å². The van der Waals surface area contributed by atoms with E-state index < -0.39 is 15.8 Å². The maximum absolute atomic E-state index is 13.8. The lowest BCUT2D eigenvalue weighted by atomic mass is 10.1. The van der Waals surface area contributed by atoms with Gasteiger partial charge in [-0.3, -0.25) is 0 Å². The molecule has 21 heavy (non-hydrogen) atoms. The number of hydrogen-bond acceptors (Lipinski definition) is 3. The predicted octanol–water partition coefficient (Wildman–Crippen LogP) is 3.02. The van der Waals surface area contributed by atoms with E-state index in [1.54, 1.807) is 0 Å². The Labute approximate surface area is 133 Å². The van der Waals surface area contributed by atoms with Crippen LogP contribution in [0.15, 0.2) is 17.0 Å². The predicted molar refractivity (Wildman–Crippen MR) is 79.8 cm³/mol. The van der Waals surface area contributed by atoms with Crippen molar-refractivity contribution < 1.29 is 17.5 Å². The fourth-order valence-corrected chi connectivity index (χ4v) is 4.21. The molecule has 1 heterocycles. The van der Waals surface area contributed by atoms with E-state index in [9.17, 15) is 12.8 Å². The van der Waals surface area contributed by atoms with Crippen LogP contribution >= 0.6 is 23.2 Å². The van der Waals surface area contributed by atoms with E-state index in [4.69, 9.17) is 27.9 Å². The minimum Gasteiger partial charge on any atom is -0.381 e. The second-order valence-corrected chi connectivity index (χ2v) is 7.52. The molecule has 0 atom stereocenters. The molecule has 0 N–H and O–H groups in total. The van der Waals surface area contributed by atoms with E-state index in [1.165, 1.54) is 17.4 Å². The zero-order valence-electron chi connectivity index (χ0n) is 11.5. The molecule has 1 aliphatic rings. The third kappa shape index (κ3) is 3.51. The SMILES string of the molecule is CN(C1CCOCC1)S(=O)(=O)c1cc(F)c(Cl)c(CCl)c1. The number of rotatable bonds is 4. The Hall–Kier alpha value is -0.400. The van der Waals surface area contributed by atoms with E-state index in [-0.39, 0.29) is 27.4 Å². The first-order valence-electron chi connectivity index (χ1n) is 6.47. The topological polar surface area (TPSA) is 46.6 Å². The lowest BCUT2D eigenvalue weighted by molar-refractivity contribution is 0.0632. The second-order valence-electron chi connectivity index (χ2n) is 4.88. The Kier molecular flexibility index (Phi) is 5.48. The molecule has 2 rings (SSSR count). The highest BCUT2D eigenvalue weighted by Gasteiger charge is 2.30. The summed E-state index contributed by atoms with van der Waals surface area (Å²) in [4.78, 5) is -0.131. The summed E-state index contributed by atoms with van der Waals surface area (Å²) in [6.45, 7) is 1.04. The van der Waals surface area contributed by atoms with Crippen molar-refractivity contribution >= 4 is 33.2 Å². The van der Waals surface area contributed by atoms with Crippen molar-refractivity contribution in [2.75, 3.05) is 20.3 Å². The first kappa shape index (κ1) is 17.0. The van der Waals surface area contributed by atoms with Gasteiger partial charge in [-0.05, 0) is 30.5 Å². The molecule has 0 unspecified atom stereocenters. The highest BCUT2D eigenvalue weighted by atomic mass is 35.5. The van der Waals surface area contributed by atoms with E-state index >= 15 is 0 Å². The zero-order chi connectivity index (χ0) is 15.6. The highest BCUT2D eigenvalue weighted by molar-refractivity contribution is 7.89. The molecular formula is C13H16Cl2FNO3S. The fourth-order valence-electron chi connectivity index (χ4n) is 2.28. The quantitative estimate of drug-likeness (QED) is 0.780. The molecule has 0 amide bonds. The van der Waals surface area contributed by atoms with Gasteiger partial charge in [-0.25, -0.2) is 12.8 Å². The number of nitrogens with zero attached hydrogens (tertiary/aromatic N) is 1. The molecule has 0 bridgehead atoms. The summed E-state index contributed by atoms with van der Waals surface area (Å²) in [6, 6.07) is 2.11. The first-order valence-corrected chi connectivity index (χ1v) is 8.83. The smallest absolute Gasteiger partial charge is 0.243 e. The summed E-state index contributed by atoms with van der Waals surface area (Å²) in [5.74, 6) is -0.839. The average molecular weight is 356 g/mol. The number of benzene rings is 1. The van der Waals surface area contributed by atoms with Gasteiger partial charge in [-0.2, -0.15) is 4.31 Å². The van der Waals surface area contributed by atoms with E-state index in [0.717, 1.165) is 6.07 Å². The molecular weight excluding hydrogens is 340 g/mol. The number of ether oxygens (including phenoxy) is 1. The van der Waals surface area contributed by atoms with Crippen LogP contribution in [0.3, 0.4) is 0 Å². The largest absolute Gasteiger partial charge is 0.381 e. The minimum atomic E-state index is -3.79. The van der Waals surface area contributed by atoms with Gasteiger partial charge < -0.3 is 4.74 Å². The van der Waals surface area contributed by atoms with Gasteiger partial charge >= 0.3 is 0 Å². The van der Waals surface area contributed by atoms with Gasteiger partial charge in [0.05, 0.1) is 9.92 Å². The average Bonchev–Trinajstić information content (AvgIpc) is 2.49. The molecule has 118 valence electrons. The third-order valence-corrected chi connectivity index (χ3v) is 6.20. The van der Waals surface area contributed by atoms with Crippen molar-refractivity contribution in [1.82, 2.24) is 4.31 Å². The molecule has 1 aliphatic heterocycles. The summed E-state index contributed by atoms with van der Waals surface area (Å²) in [5.41, 5.74) is 0.261. The van der Waals surface area contributed by atoms with Crippen molar-refractivity contribution in [3.05, 3.63) is 28.5 Å². The Morgan fingerprint density at radius 2 is 2.00 bits per heavy atom. The maximum atomic E-state index is 13.8. The normalized spacial score (nSPS) is 17.4. The van der Waals surface area contributed by atoms with E-state index in [2.05, 4.69) is 0 Å². The molecule has 0 radical (unpaired) electrons. The van der Waals surface area contributed by atoms with Gasteiger partial charge in [0.25, 0.3) is 0 Å². The summed E-state index contributed by atoms with van der Waals surface area (Å²) in [6.07, 6.45) is 1.24. The highest BCUT2D eigenvalue weighted by Crippen LogP contribution is 2.28. The lowest BCUT2D eigenvalue weighted by Crippen LogP contribution is -2.40. The van der Waals surface area contributed by atoms with Gasteiger partial charge in [0.2, 0.25) is 10.0 Å². The Morgan fingerprint density at radius 3 is 2.57 bits per heavy atom. The Morgan fingerprint density at radius 1 is 1.38 bits per heavy atom. The monoisotopic (exact) mass is 355 g/mol. The number of alkyl halides is 1. The molecule has 1 aromatic carbocycles. The van der Waals surface area contributed by atoms with Crippen LogP contribution in [0.25, 0.3) is 0 Å². The molecule has 0 spiro atoms.